The maximum absolute atomic E-state index is 12.2. The van der Waals surface area contributed by atoms with Gasteiger partial charge in [0.1, 0.15) is 5.75 Å². The van der Waals surface area contributed by atoms with Crippen LogP contribution in [0.5, 0.6) is 5.75 Å². The van der Waals surface area contributed by atoms with Crippen molar-refractivity contribution in [2.45, 2.75) is 51.9 Å². The number of nitrogens with zero attached hydrogens (tertiary/aromatic N) is 1. The highest BCUT2D eigenvalue weighted by Crippen LogP contribution is 2.24. The number of aromatic nitrogens is 1. The number of Topliss-reactive ketones (excluding diaryl/α,β-unsaturated/α-hetero) is 1. The number of benzene rings is 1. The first-order valence-corrected chi connectivity index (χ1v) is 10.8. The molecule has 0 spiro atoms. The second kappa shape index (κ2) is 11.8. The van der Waals surface area contributed by atoms with E-state index in [0.29, 0.717) is 5.75 Å². The summed E-state index contributed by atoms with van der Waals surface area (Å²) in [6.07, 6.45) is 8.23. The number of aryl methyl sites for hydroxylation is 1. The summed E-state index contributed by atoms with van der Waals surface area (Å²) in [6.45, 7) is 2.06. The average Bonchev–Trinajstić information content (AvgIpc) is 3.20. The number of ketones is 1. The first kappa shape index (κ1) is 22.4. The molecule has 0 radical (unpaired) electrons. The van der Waals surface area contributed by atoms with Crippen molar-refractivity contribution in [1.82, 2.24) is 4.98 Å². The molecule has 1 heterocycles. The van der Waals surface area contributed by atoms with E-state index < -0.39 is 5.97 Å². The first-order chi connectivity index (χ1) is 13.5. The normalized spacial score (nSPS) is 10.7. The topological polar surface area (TPSA) is 65.5 Å². The lowest BCUT2D eigenvalue weighted by Gasteiger charge is -2.09. The van der Waals surface area contributed by atoms with Crippen LogP contribution in [-0.4, -0.2) is 30.5 Å². The van der Waals surface area contributed by atoms with Crippen LogP contribution < -0.4 is 4.74 Å². The number of hydrogen-bond donors (Lipinski definition) is 0. The molecule has 0 aliphatic carbocycles. The van der Waals surface area contributed by atoms with Crippen LogP contribution in [-0.2, 0) is 11.2 Å². The number of rotatable bonds is 12. The Morgan fingerprint density at radius 3 is 2.64 bits per heavy atom. The fraction of sp³-hybridized carbons (Fsp3) is 0.476. The minimum atomic E-state index is -0.562. The Labute approximate surface area is 175 Å². The second-order valence-corrected chi connectivity index (χ2v) is 7.78. The van der Waals surface area contributed by atoms with Gasteiger partial charge >= 0.3 is 5.97 Å². The van der Waals surface area contributed by atoms with E-state index in [1.54, 1.807) is 12.1 Å². The second-order valence-electron chi connectivity index (χ2n) is 6.51. The van der Waals surface area contributed by atoms with E-state index in [9.17, 15) is 9.59 Å². The average molecular weight is 424 g/mol. The molecule has 0 bridgehead atoms. The summed E-state index contributed by atoms with van der Waals surface area (Å²) in [5, 5.41) is 2.44. The third-order valence-corrected chi connectivity index (χ3v) is 5.58. The van der Waals surface area contributed by atoms with Gasteiger partial charge in [-0.05, 0) is 36.6 Å². The van der Waals surface area contributed by atoms with Crippen LogP contribution in [0.3, 0.4) is 0 Å². The minimum absolute atomic E-state index is 0.128. The predicted octanol–water partition coefficient (Wildman–Crippen LogP) is 5.75. The maximum Gasteiger partial charge on any atom is 0.357 e. The van der Waals surface area contributed by atoms with E-state index in [4.69, 9.17) is 16.3 Å². The van der Waals surface area contributed by atoms with Gasteiger partial charge in [-0.2, -0.15) is 0 Å². The number of unbranched alkanes of at least 4 members (excludes halogenated alkanes) is 5. The van der Waals surface area contributed by atoms with E-state index >= 15 is 0 Å². The number of ether oxygens (including phenoxy) is 2. The molecule has 2 rings (SSSR count). The molecule has 152 valence electrons. The number of carbonyl (C=O) groups excluding carboxylic acids is 2. The van der Waals surface area contributed by atoms with E-state index in [-0.39, 0.29) is 23.1 Å². The van der Waals surface area contributed by atoms with Gasteiger partial charge in [0.15, 0.2) is 17.3 Å². The van der Waals surface area contributed by atoms with Crippen LogP contribution >= 0.6 is 22.9 Å². The van der Waals surface area contributed by atoms with Crippen molar-refractivity contribution in [3.05, 3.63) is 44.9 Å². The number of methoxy groups -OCH3 is 1. The molecule has 0 aliphatic rings. The van der Waals surface area contributed by atoms with Crippen LogP contribution in [0.2, 0.25) is 5.02 Å². The van der Waals surface area contributed by atoms with E-state index in [0.717, 1.165) is 34.8 Å². The highest BCUT2D eigenvalue weighted by Gasteiger charge is 2.16. The molecule has 0 amide bonds. The minimum Gasteiger partial charge on any atom is -0.485 e. The molecule has 0 aliphatic heterocycles. The zero-order valence-electron chi connectivity index (χ0n) is 16.3. The highest BCUT2D eigenvalue weighted by atomic mass is 35.5. The molecule has 0 unspecified atom stereocenters. The number of hydrogen-bond acceptors (Lipinski definition) is 6. The zero-order chi connectivity index (χ0) is 20.4. The Bertz CT molecular complexity index is 790. The molecule has 7 heteroatoms. The molecule has 28 heavy (non-hydrogen) atoms. The Morgan fingerprint density at radius 2 is 1.89 bits per heavy atom. The lowest BCUT2D eigenvalue weighted by molar-refractivity contribution is 0.0595. The van der Waals surface area contributed by atoms with E-state index in [1.165, 1.54) is 44.6 Å². The van der Waals surface area contributed by atoms with Crippen LogP contribution in [0.4, 0.5) is 0 Å². The quantitative estimate of drug-likeness (QED) is 0.247. The van der Waals surface area contributed by atoms with Gasteiger partial charge in [-0.3, -0.25) is 4.79 Å². The van der Waals surface area contributed by atoms with Gasteiger partial charge in [-0.15, -0.1) is 11.3 Å². The first-order valence-electron chi connectivity index (χ1n) is 9.53. The SMILES string of the molecule is CCCCCCCCc1cc(OCC(=O)c2nc(C(=O)OC)cs2)ccc1Cl. The van der Waals surface area contributed by atoms with Gasteiger partial charge in [-0.25, -0.2) is 9.78 Å². The standard InChI is InChI=1S/C21H26ClNO4S/c1-3-4-5-6-7-8-9-15-12-16(10-11-17(15)22)27-13-19(24)20-23-18(14-28-20)21(25)26-2/h10-12,14H,3-9,13H2,1-2H3. The van der Waals surface area contributed by atoms with Crippen molar-refractivity contribution >= 4 is 34.7 Å². The van der Waals surface area contributed by atoms with Crippen molar-refractivity contribution in [1.29, 1.82) is 0 Å². The Hall–Kier alpha value is -1.92. The molecule has 0 atom stereocenters. The Balaban J connectivity index is 1.85. The molecule has 0 N–H and O–H groups in total. The monoisotopic (exact) mass is 423 g/mol. The summed E-state index contributed by atoms with van der Waals surface area (Å²) in [7, 11) is 1.27. The van der Waals surface area contributed by atoms with Crippen molar-refractivity contribution in [2.24, 2.45) is 0 Å². The van der Waals surface area contributed by atoms with Gasteiger partial charge in [-0.1, -0.05) is 50.6 Å². The molecule has 0 fully saturated rings. The molecule has 2 aromatic rings. The summed E-state index contributed by atoms with van der Waals surface area (Å²) in [6, 6.07) is 5.44. The maximum atomic E-state index is 12.2. The molecule has 0 saturated heterocycles. The number of esters is 1. The summed E-state index contributed by atoms with van der Waals surface area (Å²) in [5.41, 5.74) is 1.16. The van der Waals surface area contributed by atoms with Gasteiger partial charge in [0, 0.05) is 10.4 Å². The molecule has 1 aromatic heterocycles. The third kappa shape index (κ3) is 6.91. The largest absolute Gasteiger partial charge is 0.485 e. The van der Waals surface area contributed by atoms with Gasteiger partial charge in [0.25, 0.3) is 0 Å². The predicted molar refractivity (Wildman–Crippen MR) is 112 cm³/mol. The summed E-state index contributed by atoms with van der Waals surface area (Å²) < 4.78 is 10.2. The summed E-state index contributed by atoms with van der Waals surface area (Å²) in [5.74, 6) is -0.246. The van der Waals surface area contributed by atoms with Crippen LogP contribution in [0.25, 0.3) is 0 Å². The zero-order valence-corrected chi connectivity index (χ0v) is 17.9. The molecular formula is C21H26ClNO4S. The van der Waals surface area contributed by atoms with Crippen molar-refractivity contribution < 1.29 is 19.1 Å². The van der Waals surface area contributed by atoms with Gasteiger partial charge in [0.2, 0.25) is 5.78 Å². The third-order valence-electron chi connectivity index (χ3n) is 4.32. The Morgan fingerprint density at radius 1 is 1.14 bits per heavy atom. The molecular weight excluding hydrogens is 398 g/mol. The summed E-state index contributed by atoms with van der Waals surface area (Å²) in [4.78, 5) is 27.7. The van der Waals surface area contributed by atoms with Gasteiger partial charge < -0.3 is 9.47 Å². The summed E-state index contributed by atoms with van der Waals surface area (Å²) >= 11 is 7.39. The lowest BCUT2D eigenvalue weighted by atomic mass is 10.0. The van der Waals surface area contributed by atoms with Crippen molar-refractivity contribution in [3.63, 3.8) is 0 Å². The molecule has 5 nitrogen and oxygen atoms in total. The Kier molecular flexibility index (Phi) is 9.44. The smallest absolute Gasteiger partial charge is 0.357 e. The van der Waals surface area contributed by atoms with E-state index in [1.807, 2.05) is 6.07 Å². The lowest BCUT2D eigenvalue weighted by Crippen LogP contribution is -2.12. The van der Waals surface area contributed by atoms with Crippen molar-refractivity contribution in [2.75, 3.05) is 13.7 Å². The fourth-order valence-corrected chi connectivity index (χ4v) is 3.66. The molecule has 1 aromatic carbocycles. The number of carbonyl (C=O) groups is 2. The van der Waals surface area contributed by atoms with Crippen LogP contribution in [0, 0.1) is 0 Å². The fourth-order valence-electron chi connectivity index (χ4n) is 2.74. The van der Waals surface area contributed by atoms with Crippen LogP contribution in [0.15, 0.2) is 23.6 Å². The van der Waals surface area contributed by atoms with Crippen molar-refractivity contribution in [3.8, 4) is 5.75 Å². The number of thiazole rings is 1. The molecule has 0 saturated carbocycles. The van der Waals surface area contributed by atoms with Gasteiger partial charge in [0.05, 0.1) is 7.11 Å². The van der Waals surface area contributed by atoms with Crippen LogP contribution in [0.1, 0.15) is 71.3 Å². The number of halogens is 1. The van der Waals surface area contributed by atoms with E-state index in [2.05, 4.69) is 16.6 Å². The highest BCUT2D eigenvalue weighted by molar-refractivity contribution is 7.12.